The summed E-state index contributed by atoms with van der Waals surface area (Å²) in [6, 6.07) is 23.7. The zero-order valence-electron chi connectivity index (χ0n) is 15.6. The molecule has 0 aliphatic carbocycles. The van der Waals surface area contributed by atoms with Crippen molar-refractivity contribution in [1.29, 1.82) is 5.26 Å². The monoisotopic (exact) mass is 388 g/mol. The molecule has 140 valence electrons. The van der Waals surface area contributed by atoms with Gasteiger partial charge in [0, 0.05) is 24.3 Å². The van der Waals surface area contributed by atoms with E-state index in [1.807, 2.05) is 60.7 Å². The molecule has 0 unspecified atom stereocenters. The van der Waals surface area contributed by atoms with Gasteiger partial charge in [-0.25, -0.2) is 0 Å². The third-order valence-corrected chi connectivity index (χ3v) is 5.35. The van der Waals surface area contributed by atoms with Crippen molar-refractivity contribution < 1.29 is 4.74 Å². The maximum Gasteiger partial charge on any atom is 0.127 e. The van der Waals surface area contributed by atoms with Gasteiger partial charge in [-0.15, -0.1) is 0 Å². The molecule has 1 aliphatic heterocycles. The Bertz CT molecular complexity index is 988. The zero-order valence-corrected chi connectivity index (χ0v) is 16.3. The van der Waals surface area contributed by atoms with Gasteiger partial charge in [0.1, 0.15) is 17.6 Å². The largest absolute Gasteiger partial charge is 0.457 e. The fraction of sp³-hybridized carbons (Fsp3) is 0.208. The summed E-state index contributed by atoms with van der Waals surface area (Å²) >= 11 is 6.47. The molecular formula is C24H21ClN2O. The second-order valence-electron chi connectivity index (χ2n) is 6.95. The van der Waals surface area contributed by atoms with Gasteiger partial charge in [-0.05, 0) is 61.2 Å². The van der Waals surface area contributed by atoms with Gasteiger partial charge in [-0.1, -0.05) is 41.9 Å². The minimum absolute atomic E-state index is 0.505. The average molecular weight is 389 g/mol. The van der Waals surface area contributed by atoms with Crippen molar-refractivity contribution in [3.8, 4) is 28.7 Å². The van der Waals surface area contributed by atoms with E-state index in [4.69, 9.17) is 16.3 Å². The van der Waals surface area contributed by atoms with E-state index in [-0.39, 0.29) is 0 Å². The van der Waals surface area contributed by atoms with Crippen LogP contribution in [-0.4, -0.2) is 13.1 Å². The molecule has 0 radical (unpaired) electrons. The van der Waals surface area contributed by atoms with Crippen LogP contribution in [0.1, 0.15) is 24.8 Å². The highest BCUT2D eigenvalue weighted by Crippen LogP contribution is 2.35. The van der Waals surface area contributed by atoms with Crippen molar-refractivity contribution in [3.63, 3.8) is 0 Å². The second-order valence-corrected chi connectivity index (χ2v) is 7.36. The van der Waals surface area contributed by atoms with Crippen molar-refractivity contribution in [1.82, 2.24) is 0 Å². The first-order valence-electron chi connectivity index (χ1n) is 9.56. The maximum absolute atomic E-state index is 9.64. The number of nitrogens with zero attached hydrogens (tertiary/aromatic N) is 2. The predicted molar refractivity (Wildman–Crippen MR) is 114 cm³/mol. The third-order valence-electron chi connectivity index (χ3n) is 5.05. The van der Waals surface area contributed by atoms with Crippen molar-refractivity contribution in [3.05, 3.63) is 77.3 Å². The van der Waals surface area contributed by atoms with Gasteiger partial charge in [0.05, 0.1) is 10.6 Å². The Labute approximate surface area is 170 Å². The molecule has 3 aromatic carbocycles. The Hall–Kier alpha value is -2.96. The van der Waals surface area contributed by atoms with Crippen LogP contribution < -0.4 is 9.64 Å². The van der Waals surface area contributed by atoms with Crippen molar-refractivity contribution in [2.24, 2.45) is 0 Å². The van der Waals surface area contributed by atoms with Crippen LogP contribution in [0, 0.1) is 11.3 Å². The summed E-state index contributed by atoms with van der Waals surface area (Å²) in [4.78, 5) is 2.35. The highest BCUT2D eigenvalue weighted by atomic mass is 35.5. The molecule has 0 N–H and O–H groups in total. The third kappa shape index (κ3) is 3.98. The van der Waals surface area contributed by atoms with Crippen LogP contribution in [0.15, 0.2) is 66.7 Å². The lowest BCUT2D eigenvalue weighted by molar-refractivity contribution is 0.483. The van der Waals surface area contributed by atoms with E-state index in [1.165, 1.54) is 19.3 Å². The van der Waals surface area contributed by atoms with Crippen LogP contribution in [0.25, 0.3) is 11.1 Å². The number of benzene rings is 3. The number of piperidine rings is 1. The van der Waals surface area contributed by atoms with E-state index in [9.17, 15) is 5.26 Å². The van der Waals surface area contributed by atoms with E-state index in [0.29, 0.717) is 10.6 Å². The van der Waals surface area contributed by atoms with Gasteiger partial charge in [-0.3, -0.25) is 0 Å². The highest BCUT2D eigenvalue weighted by Gasteiger charge is 2.17. The molecule has 3 nitrogen and oxygen atoms in total. The van der Waals surface area contributed by atoms with Gasteiger partial charge in [0.15, 0.2) is 0 Å². The number of rotatable bonds is 4. The number of hydrogen-bond acceptors (Lipinski definition) is 3. The SMILES string of the molecule is N#Cc1c(Cl)cc(N2CCCCC2)cc1-c1ccc(Oc2ccccc2)cc1. The number of hydrogen-bond donors (Lipinski definition) is 0. The Morgan fingerprint density at radius 1 is 0.857 bits per heavy atom. The summed E-state index contributed by atoms with van der Waals surface area (Å²) in [5.41, 5.74) is 3.42. The fourth-order valence-electron chi connectivity index (χ4n) is 3.60. The van der Waals surface area contributed by atoms with Crippen LogP contribution in [0.2, 0.25) is 5.02 Å². The van der Waals surface area contributed by atoms with E-state index < -0.39 is 0 Å². The summed E-state index contributed by atoms with van der Waals surface area (Å²) in [6.07, 6.45) is 3.66. The number of halogens is 1. The lowest BCUT2D eigenvalue weighted by atomic mass is 9.98. The van der Waals surface area contributed by atoms with Gasteiger partial charge >= 0.3 is 0 Å². The Kier molecular flexibility index (Phi) is 5.50. The summed E-state index contributed by atoms with van der Waals surface area (Å²) in [5.74, 6) is 1.55. The molecule has 28 heavy (non-hydrogen) atoms. The molecule has 1 aliphatic rings. The fourth-order valence-corrected chi connectivity index (χ4v) is 3.85. The minimum Gasteiger partial charge on any atom is -0.457 e. The van der Waals surface area contributed by atoms with Crippen molar-refractivity contribution in [2.45, 2.75) is 19.3 Å². The van der Waals surface area contributed by atoms with Crippen LogP contribution in [-0.2, 0) is 0 Å². The number of anilines is 1. The number of para-hydroxylation sites is 1. The van der Waals surface area contributed by atoms with Crippen LogP contribution in [0.5, 0.6) is 11.5 Å². The molecule has 0 bridgehead atoms. The van der Waals surface area contributed by atoms with Crippen LogP contribution in [0.4, 0.5) is 5.69 Å². The lowest BCUT2D eigenvalue weighted by Gasteiger charge is -2.29. The number of ether oxygens (including phenoxy) is 1. The van der Waals surface area contributed by atoms with Crippen molar-refractivity contribution >= 4 is 17.3 Å². The molecule has 1 heterocycles. The van der Waals surface area contributed by atoms with Gasteiger partial charge < -0.3 is 9.64 Å². The van der Waals surface area contributed by atoms with E-state index in [1.54, 1.807) is 0 Å². The van der Waals surface area contributed by atoms with Crippen LogP contribution in [0.3, 0.4) is 0 Å². The van der Waals surface area contributed by atoms with Crippen molar-refractivity contribution in [2.75, 3.05) is 18.0 Å². The average Bonchev–Trinajstić information content (AvgIpc) is 2.75. The molecule has 4 heteroatoms. The molecule has 0 saturated carbocycles. The summed E-state index contributed by atoms with van der Waals surface area (Å²) in [6.45, 7) is 2.07. The first-order valence-corrected chi connectivity index (χ1v) is 9.94. The smallest absolute Gasteiger partial charge is 0.127 e. The Balaban J connectivity index is 1.65. The molecule has 4 rings (SSSR count). The predicted octanol–water partition coefficient (Wildman–Crippen LogP) is 6.66. The topological polar surface area (TPSA) is 36.3 Å². The normalized spacial score (nSPS) is 13.8. The Morgan fingerprint density at radius 2 is 1.54 bits per heavy atom. The number of nitriles is 1. The van der Waals surface area contributed by atoms with Gasteiger partial charge in [-0.2, -0.15) is 5.26 Å². The quantitative estimate of drug-likeness (QED) is 0.501. The molecule has 3 aromatic rings. The van der Waals surface area contributed by atoms with Gasteiger partial charge in [0.2, 0.25) is 0 Å². The molecule has 0 atom stereocenters. The first kappa shape index (κ1) is 18.4. The van der Waals surface area contributed by atoms with Crippen LogP contribution >= 0.6 is 11.6 Å². The second kappa shape index (κ2) is 8.37. The molecule has 0 amide bonds. The zero-order chi connectivity index (χ0) is 19.3. The first-order chi connectivity index (χ1) is 13.7. The Morgan fingerprint density at radius 3 is 2.21 bits per heavy atom. The molecular weight excluding hydrogens is 368 g/mol. The molecule has 0 spiro atoms. The summed E-state index contributed by atoms with van der Waals surface area (Å²) < 4.78 is 5.87. The highest BCUT2D eigenvalue weighted by molar-refractivity contribution is 6.32. The van der Waals surface area contributed by atoms with Gasteiger partial charge in [0.25, 0.3) is 0 Å². The minimum atomic E-state index is 0.505. The molecule has 0 aromatic heterocycles. The van der Waals surface area contributed by atoms with E-state index in [0.717, 1.165) is 41.4 Å². The molecule has 1 saturated heterocycles. The van der Waals surface area contributed by atoms with E-state index >= 15 is 0 Å². The molecule has 1 fully saturated rings. The lowest BCUT2D eigenvalue weighted by Crippen LogP contribution is -2.29. The maximum atomic E-state index is 9.64. The summed E-state index contributed by atoms with van der Waals surface area (Å²) in [5, 5.41) is 10.1. The standard InChI is InChI=1S/C24H21ClN2O/c25-24-16-19(27-13-5-2-6-14-27)15-22(23(24)17-26)18-9-11-21(12-10-18)28-20-7-3-1-4-8-20/h1,3-4,7-12,15-16H,2,5-6,13-14H2. The van der Waals surface area contributed by atoms with E-state index in [2.05, 4.69) is 17.0 Å². The summed E-state index contributed by atoms with van der Waals surface area (Å²) in [7, 11) is 0.